The number of carbonyl (C=O) groups is 2. The molecule has 4 N–H and O–H groups in total. The van der Waals surface area contributed by atoms with E-state index in [-0.39, 0.29) is 6.61 Å². The smallest absolute Gasteiger partial charge is 0.329 e. The van der Waals surface area contributed by atoms with Gasteiger partial charge in [0, 0.05) is 0 Å². The van der Waals surface area contributed by atoms with Crippen LogP contribution in [0.25, 0.3) is 0 Å². The van der Waals surface area contributed by atoms with E-state index in [9.17, 15) is 9.59 Å². The van der Waals surface area contributed by atoms with Crippen LogP contribution in [0.4, 0.5) is 11.4 Å². The van der Waals surface area contributed by atoms with Crippen LogP contribution >= 0.6 is 0 Å². The lowest BCUT2D eigenvalue weighted by molar-refractivity contribution is -0.143. The van der Waals surface area contributed by atoms with E-state index in [2.05, 4.69) is 10.1 Å². The Hall–Kier alpha value is -2.08. The van der Waals surface area contributed by atoms with Crippen LogP contribution in [0.5, 0.6) is 0 Å². The number of nitrogen functional groups attached to an aromatic ring is 1. The van der Waals surface area contributed by atoms with Crippen LogP contribution in [0.15, 0.2) is 24.3 Å². The molecular formula is C10H12N2O4. The molecule has 16 heavy (non-hydrogen) atoms. The average Bonchev–Trinajstić information content (AvgIpc) is 2.21. The maximum absolute atomic E-state index is 11.3. The van der Waals surface area contributed by atoms with Crippen molar-refractivity contribution >= 4 is 23.3 Å². The molecule has 0 aromatic heterocycles. The average molecular weight is 224 g/mol. The number of carbonyl (C=O) groups excluding carboxylic acids is 1. The van der Waals surface area contributed by atoms with Gasteiger partial charge in [0.05, 0.1) is 11.4 Å². The molecule has 0 heterocycles. The third-order valence-corrected chi connectivity index (χ3v) is 1.69. The van der Waals surface area contributed by atoms with E-state index >= 15 is 0 Å². The zero-order valence-electron chi connectivity index (χ0n) is 8.47. The first kappa shape index (κ1) is 12.0. The summed E-state index contributed by atoms with van der Waals surface area (Å²) < 4.78 is 4.62. The zero-order valence-corrected chi connectivity index (χ0v) is 8.47. The quantitative estimate of drug-likeness (QED) is 0.625. The fraction of sp³-hybridized carbons (Fsp3) is 0.200. The summed E-state index contributed by atoms with van der Waals surface area (Å²) >= 11 is 0. The second-order valence-corrected chi connectivity index (χ2v) is 3.02. The fourth-order valence-electron chi connectivity index (χ4n) is 1.03. The van der Waals surface area contributed by atoms with Gasteiger partial charge >= 0.3 is 5.97 Å². The first-order chi connectivity index (χ1) is 7.59. The normalized spacial score (nSPS) is 9.75. The molecule has 1 aromatic carbocycles. The van der Waals surface area contributed by atoms with Crippen molar-refractivity contribution in [2.45, 2.75) is 0 Å². The van der Waals surface area contributed by atoms with E-state index < -0.39 is 18.5 Å². The number of benzene rings is 1. The molecule has 0 spiro atoms. The number of aliphatic carboxylic acids is 1. The van der Waals surface area contributed by atoms with Crippen LogP contribution in [0.3, 0.4) is 0 Å². The molecule has 0 saturated heterocycles. The number of rotatable bonds is 5. The number of nitrogens with two attached hydrogens (primary N) is 1. The fourth-order valence-corrected chi connectivity index (χ4v) is 1.03. The van der Waals surface area contributed by atoms with Crippen LogP contribution in [-0.4, -0.2) is 30.2 Å². The van der Waals surface area contributed by atoms with E-state index in [0.717, 1.165) is 0 Å². The Morgan fingerprint density at radius 2 is 2.00 bits per heavy atom. The van der Waals surface area contributed by atoms with Gasteiger partial charge in [-0.3, -0.25) is 4.79 Å². The van der Waals surface area contributed by atoms with Crippen molar-refractivity contribution in [2.75, 3.05) is 24.3 Å². The summed E-state index contributed by atoms with van der Waals surface area (Å²) in [7, 11) is 0. The van der Waals surface area contributed by atoms with Gasteiger partial charge in [-0.15, -0.1) is 0 Å². The van der Waals surface area contributed by atoms with Crippen molar-refractivity contribution in [3.8, 4) is 0 Å². The van der Waals surface area contributed by atoms with Gasteiger partial charge in [-0.05, 0) is 12.1 Å². The number of nitrogens with one attached hydrogen (secondary N) is 1. The third kappa shape index (κ3) is 3.97. The molecule has 1 rings (SSSR count). The molecular weight excluding hydrogens is 212 g/mol. The minimum absolute atomic E-state index is 0.319. The Balaban J connectivity index is 2.40. The summed E-state index contributed by atoms with van der Waals surface area (Å²) in [5.41, 5.74) is 6.51. The lowest BCUT2D eigenvalue weighted by Gasteiger charge is -2.07. The van der Waals surface area contributed by atoms with Gasteiger partial charge in [0.15, 0.2) is 0 Å². The van der Waals surface area contributed by atoms with Gasteiger partial charge in [0.1, 0.15) is 13.2 Å². The monoisotopic (exact) mass is 224 g/mol. The number of hydrogen-bond acceptors (Lipinski definition) is 4. The Bertz CT molecular complexity index is 392. The molecule has 6 nitrogen and oxygen atoms in total. The summed E-state index contributed by atoms with van der Waals surface area (Å²) in [4.78, 5) is 21.4. The molecule has 0 bridgehead atoms. The first-order valence-corrected chi connectivity index (χ1v) is 4.53. The molecule has 0 unspecified atom stereocenters. The minimum atomic E-state index is -1.12. The highest BCUT2D eigenvalue weighted by atomic mass is 16.5. The number of carboxylic acids is 1. The van der Waals surface area contributed by atoms with Gasteiger partial charge in [-0.1, -0.05) is 12.1 Å². The Morgan fingerprint density at radius 3 is 2.62 bits per heavy atom. The van der Waals surface area contributed by atoms with Crippen LogP contribution in [0.1, 0.15) is 0 Å². The highest BCUT2D eigenvalue weighted by Crippen LogP contribution is 2.16. The van der Waals surface area contributed by atoms with Crippen LogP contribution in [-0.2, 0) is 14.3 Å². The second kappa shape index (κ2) is 5.72. The van der Waals surface area contributed by atoms with E-state index in [1.807, 2.05) is 0 Å². The second-order valence-electron chi connectivity index (χ2n) is 3.02. The molecule has 86 valence electrons. The van der Waals surface area contributed by atoms with Crippen molar-refractivity contribution in [1.82, 2.24) is 0 Å². The van der Waals surface area contributed by atoms with Crippen molar-refractivity contribution in [2.24, 2.45) is 0 Å². The predicted molar refractivity (Wildman–Crippen MR) is 57.9 cm³/mol. The lowest BCUT2D eigenvalue weighted by atomic mass is 10.3. The van der Waals surface area contributed by atoms with E-state index in [0.29, 0.717) is 11.4 Å². The standard InChI is InChI=1S/C10H12N2O4/c11-7-3-1-2-4-8(7)12-9(13)5-16-6-10(14)15/h1-4H,5-6,11H2,(H,12,13)(H,14,15). The summed E-state index contributed by atoms with van der Waals surface area (Å²) in [6.45, 7) is -0.821. The van der Waals surface area contributed by atoms with Gasteiger partial charge in [-0.2, -0.15) is 0 Å². The maximum atomic E-state index is 11.3. The highest BCUT2D eigenvalue weighted by molar-refractivity contribution is 5.94. The van der Waals surface area contributed by atoms with E-state index in [4.69, 9.17) is 10.8 Å². The van der Waals surface area contributed by atoms with Crippen molar-refractivity contribution in [3.63, 3.8) is 0 Å². The summed E-state index contributed by atoms with van der Waals surface area (Å²) in [6, 6.07) is 6.76. The molecule has 0 aliphatic carbocycles. The third-order valence-electron chi connectivity index (χ3n) is 1.69. The van der Waals surface area contributed by atoms with Crippen LogP contribution in [0, 0.1) is 0 Å². The molecule has 0 atom stereocenters. The van der Waals surface area contributed by atoms with Crippen molar-refractivity contribution in [3.05, 3.63) is 24.3 Å². The van der Waals surface area contributed by atoms with E-state index in [1.54, 1.807) is 24.3 Å². The van der Waals surface area contributed by atoms with Crippen LogP contribution < -0.4 is 11.1 Å². The number of para-hydroxylation sites is 2. The van der Waals surface area contributed by atoms with Gasteiger partial charge in [-0.25, -0.2) is 4.79 Å². The minimum Gasteiger partial charge on any atom is -0.480 e. The summed E-state index contributed by atoms with van der Waals surface area (Å²) in [5, 5.41) is 10.8. The zero-order chi connectivity index (χ0) is 12.0. The molecule has 0 fully saturated rings. The molecule has 1 aromatic rings. The maximum Gasteiger partial charge on any atom is 0.329 e. The predicted octanol–water partition coefficient (Wildman–Crippen LogP) is 0.308. The summed E-state index contributed by atoms with van der Waals surface area (Å²) in [5.74, 6) is -1.56. The highest BCUT2D eigenvalue weighted by Gasteiger charge is 2.05. The Morgan fingerprint density at radius 1 is 1.31 bits per heavy atom. The number of hydrogen-bond donors (Lipinski definition) is 3. The molecule has 0 aliphatic heterocycles. The largest absolute Gasteiger partial charge is 0.480 e. The van der Waals surface area contributed by atoms with Gasteiger partial charge in [0.25, 0.3) is 0 Å². The molecule has 6 heteroatoms. The topological polar surface area (TPSA) is 102 Å². The molecule has 0 aliphatic rings. The number of ether oxygens (including phenoxy) is 1. The Kier molecular flexibility index (Phi) is 4.28. The number of anilines is 2. The van der Waals surface area contributed by atoms with E-state index in [1.165, 1.54) is 0 Å². The molecule has 0 radical (unpaired) electrons. The van der Waals surface area contributed by atoms with Gasteiger partial charge < -0.3 is 20.9 Å². The molecule has 1 amide bonds. The van der Waals surface area contributed by atoms with Crippen LogP contribution in [0.2, 0.25) is 0 Å². The van der Waals surface area contributed by atoms with Crippen molar-refractivity contribution in [1.29, 1.82) is 0 Å². The lowest BCUT2D eigenvalue weighted by Crippen LogP contribution is -2.21. The SMILES string of the molecule is Nc1ccccc1NC(=O)COCC(=O)O. The first-order valence-electron chi connectivity index (χ1n) is 4.53. The number of amides is 1. The molecule has 0 saturated carbocycles. The number of carboxylic acid groups (broad SMARTS) is 1. The summed E-state index contributed by atoms with van der Waals surface area (Å²) in [6.07, 6.45) is 0. The van der Waals surface area contributed by atoms with Crippen molar-refractivity contribution < 1.29 is 19.4 Å². The Labute approximate surface area is 92.0 Å². The van der Waals surface area contributed by atoms with Gasteiger partial charge in [0.2, 0.25) is 5.91 Å².